The lowest BCUT2D eigenvalue weighted by Crippen LogP contribution is -2.53. The second-order valence-corrected chi connectivity index (χ2v) is 7.89. The van der Waals surface area contributed by atoms with Crippen molar-refractivity contribution in [2.45, 2.75) is 59.0 Å². The van der Waals surface area contributed by atoms with Crippen LogP contribution in [-0.4, -0.2) is 12.7 Å². The van der Waals surface area contributed by atoms with E-state index in [0.29, 0.717) is 12.1 Å². The molecule has 2 heterocycles. The van der Waals surface area contributed by atoms with Crippen molar-refractivity contribution >= 4 is 17.1 Å². The number of hydrogen-bond donors (Lipinski definition) is 0. The average molecular weight is 370 g/mol. The third kappa shape index (κ3) is 2.64. The van der Waals surface area contributed by atoms with Gasteiger partial charge in [0, 0.05) is 18.0 Å². The summed E-state index contributed by atoms with van der Waals surface area (Å²) in [5.41, 5.74) is 3.57. The highest BCUT2D eigenvalue weighted by atomic mass is 19.1. The van der Waals surface area contributed by atoms with Gasteiger partial charge in [-0.1, -0.05) is 32.9 Å². The number of fused-ring (bicyclic) bond motifs is 5. The van der Waals surface area contributed by atoms with Gasteiger partial charge in [-0.2, -0.15) is 0 Å². The molecule has 0 fully saturated rings. The lowest BCUT2D eigenvalue weighted by atomic mass is 9.74. The minimum Gasteiger partial charge on any atom is -0.349 e. The molecular weight excluding hydrogens is 342 g/mol. The van der Waals surface area contributed by atoms with Gasteiger partial charge < -0.3 is 9.80 Å². The Kier molecular flexibility index (Phi) is 4.61. The van der Waals surface area contributed by atoms with Crippen molar-refractivity contribution < 1.29 is 8.78 Å². The zero-order valence-electron chi connectivity index (χ0n) is 16.4. The van der Waals surface area contributed by atoms with Crippen LogP contribution in [0.5, 0.6) is 0 Å². The van der Waals surface area contributed by atoms with Crippen molar-refractivity contribution in [2.75, 3.05) is 16.3 Å². The van der Waals surface area contributed by atoms with Gasteiger partial charge in [-0.25, -0.2) is 8.78 Å². The van der Waals surface area contributed by atoms with E-state index in [1.165, 1.54) is 6.07 Å². The molecule has 4 heteroatoms. The standard InChI is InChI=1S/C23H28F2N2/c1-4-13-26-19-9-7-8-10-20(19)27-21-16(14-17(24)15-18(21)25)11-12-23(5-2,6-3)22(26)27/h7-10,14-15,22H,4-6,11-13H2,1-3H3. The third-order valence-corrected chi connectivity index (χ3v) is 6.65. The summed E-state index contributed by atoms with van der Waals surface area (Å²) in [5.74, 6) is -0.938. The zero-order valence-corrected chi connectivity index (χ0v) is 16.4. The molecule has 2 aliphatic heterocycles. The molecule has 144 valence electrons. The Morgan fingerprint density at radius 3 is 2.41 bits per heavy atom. The Morgan fingerprint density at radius 1 is 1.04 bits per heavy atom. The minimum absolute atomic E-state index is 0.0239. The number of benzene rings is 2. The van der Waals surface area contributed by atoms with Crippen LogP contribution in [0.3, 0.4) is 0 Å². The summed E-state index contributed by atoms with van der Waals surface area (Å²) >= 11 is 0. The summed E-state index contributed by atoms with van der Waals surface area (Å²) in [4.78, 5) is 4.63. The lowest BCUT2D eigenvalue weighted by Gasteiger charge is -2.45. The van der Waals surface area contributed by atoms with E-state index in [-0.39, 0.29) is 11.6 Å². The van der Waals surface area contributed by atoms with Gasteiger partial charge in [0.25, 0.3) is 0 Å². The summed E-state index contributed by atoms with van der Waals surface area (Å²) in [6.07, 6.45) is 4.76. The molecular formula is C23H28F2N2. The van der Waals surface area contributed by atoms with Crippen LogP contribution in [-0.2, 0) is 6.42 Å². The Labute approximate surface area is 160 Å². The van der Waals surface area contributed by atoms with Crippen molar-refractivity contribution in [3.05, 3.63) is 53.6 Å². The molecule has 27 heavy (non-hydrogen) atoms. The predicted molar refractivity (Wildman–Crippen MR) is 108 cm³/mol. The second-order valence-electron chi connectivity index (χ2n) is 7.89. The first-order valence-electron chi connectivity index (χ1n) is 10.2. The first kappa shape index (κ1) is 18.3. The van der Waals surface area contributed by atoms with E-state index in [4.69, 9.17) is 0 Å². The molecule has 0 spiro atoms. The molecule has 0 amide bonds. The summed E-state index contributed by atoms with van der Waals surface area (Å²) < 4.78 is 29.1. The van der Waals surface area contributed by atoms with Crippen LogP contribution in [0.15, 0.2) is 36.4 Å². The SMILES string of the molecule is CCCN1c2ccccc2N2c3c(F)cc(F)cc3CCC(CC)(CC)C12. The summed E-state index contributed by atoms with van der Waals surface area (Å²) in [6.45, 7) is 7.59. The van der Waals surface area contributed by atoms with E-state index >= 15 is 4.39 Å². The molecule has 1 atom stereocenters. The van der Waals surface area contributed by atoms with Gasteiger partial charge in [-0.05, 0) is 55.9 Å². The van der Waals surface area contributed by atoms with Gasteiger partial charge in [0.15, 0.2) is 0 Å². The van der Waals surface area contributed by atoms with Crippen LogP contribution in [0.4, 0.5) is 25.8 Å². The van der Waals surface area contributed by atoms with Crippen molar-refractivity contribution in [1.29, 1.82) is 0 Å². The molecule has 2 aromatic rings. The van der Waals surface area contributed by atoms with Crippen molar-refractivity contribution in [3.63, 3.8) is 0 Å². The second kappa shape index (κ2) is 6.81. The van der Waals surface area contributed by atoms with Gasteiger partial charge in [-0.3, -0.25) is 0 Å². The van der Waals surface area contributed by atoms with Gasteiger partial charge in [-0.15, -0.1) is 0 Å². The fourth-order valence-corrected chi connectivity index (χ4v) is 5.21. The number of rotatable bonds is 4. The molecule has 2 aromatic carbocycles. The molecule has 0 aliphatic carbocycles. The highest BCUT2D eigenvalue weighted by Gasteiger charge is 2.50. The molecule has 0 bridgehead atoms. The Morgan fingerprint density at radius 2 is 1.74 bits per heavy atom. The van der Waals surface area contributed by atoms with Crippen LogP contribution in [0.1, 0.15) is 52.0 Å². The van der Waals surface area contributed by atoms with Gasteiger partial charge in [0.1, 0.15) is 17.8 Å². The molecule has 0 radical (unpaired) electrons. The smallest absolute Gasteiger partial charge is 0.150 e. The largest absolute Gasteiger partial charge is 0.349 e. The molecule has 4 rings (SSSR count). The van der Waals surface area contributed by atoms with Crippen LogP contribution in [0.25, 0.3) is 0 Å². The van der Waals surface area contributed by atoms with Crippen molar-refractivity contribution in [1.82, 2.24) is 0 Å². The van der Waals surface area contributed by atoms with E-state index in [0.717, 1.165) is 55.2 Å². The Balaban J connectivity index is 2.01. The Bertz CT molecular complexity index is 844. The summed E-state index contributed by atoms with van der Waals surface area (Å²) in [6, 6.07) is 10.8. The maximum Gasteiger partial charge on any atom is 0.150 e. The number of halogens is 2. The van der Waals surface area contributed by atoms with Crippen molar-refractivity contribution in [2.24, 2.45) is 5.41 Å². The summed E-state index contributed by atoms with van der Waals surface area (Å²) in [7, 11) is 0. The maximum absolute atomic E-state index is 15.1. The molecule has 0 aromatic heterocycles. The van der Waals surface area contributed by atoms with Crippen LogP contribution >= 0.6 is 0 Å². The Hall–Kier alpha value is -2.10. The van der Waals surface area contributed by atoms with E-state index in [9.17, 15) is 4.39 Å². The fraction of sp³-hybridized carbons (Fsp3) is 0.478. The first-order chi connectivity index (χ1) is 13.1. The quantitative estimate of drug-likeness (QED) is 0.613. The molecule has 1 unspecified atom stereocenters. The predicted octanol–water partition coefficient (Wildman–Crippen LogP) is 6.41. The van der Waals surface area contributed by atoms with Gasteiger partial charge in [0.05, 0.1) is 17.1 Å². The molecule has 2 aliphatic rings. The average Bonchev–Trinajstić information content (AvgIpc) is 2.89. The van der Waals surface area contributed by atoms with Crippen molar-refractivity contribution in [3.8, 4) is 0 Å². The van der Waals surface area contributed by atoms with Crippen LogP contribution in [0.2, 0.25) is 0 Å². The van der Waals surface area contributed by atoms with Crippen LogP contribution in [0, 0.1) is 17.0 Å². The monoisotopic (exact) mass is 370 g/mol. The highest BCUT2D eigenvalue weighted by molar-refractivity contribution is 5.85. The fourth-order valence-electron chi connectivity index (χ4n) is 5.21. The molecule has 0 saturated carbocycles. The van der Waals surface area contributed by atoms with E-state index in [2.05, 4.69) is 48.8 Å². The number of aryl methyl sites for hydroxylation is 1. The number of hydrogen-bond acceptors (Lipinski definition) is 2. The third-order valence-electron chi connectivity index (χ3n) is 6.65. The molecule has 0 saturated heterocycles. The number of para-hydroxylation sites is 2. The molecule has 0 N–H and O–H groups in total. The van der Waals surface area contributed by atoms with Crippen LogP contribution < -0.4 is 9.80 Å². The van der Waals surface area contributed by atoms with Gasteiger partial charge >= 0.3 is 0 Å². The van der Waals surface area contributed by atoms with E-state index in [1.54, 1.807) is 0 Å². The zero-order chi connectivity index (χ0) is 19.2. The van der Waals surface area contributed by atoms with E-state index < -0.39 is 11.6 Å². The topological polar surface area (TPSA) is 6.48 Å². The lowest BCUT2D eigenvalue weighted by molar-refractivity contribution is 0.187. The normalized spacial score (nSPS) is 20.1. The highest BCUT2D eigenvalue weighted by Crippen LogP contribution is 2.55. The van der Waals surface area contributed by atoms with E-state index in [1.807, 2.05) is 6.07 Å². The first-order valence-corrected chi connectivity index (χ1v) is 10.2. The minimum atomic E-state index is -0.485. The molecule has 2 nitrogen and oxygen atoms in total. The number of anilines is 3. The van der Waals surface area contributed by atoms with Gasteiger partial charge in [0.2, 0.25) is 0 Å². The summed E-state index contributed by atoms with van der Waals surface area (Å²) in [5, 5.41) is 0. The number of nitrogens with zero attached hydrogens (tertiary/aromatic N) is 2. The maximum atomic E-state index is 15.1.